The summed E-state index contributed by atoms with van der Waals surface area (Å²) in [5.41, 5.74) is 3.18. The third kappa shape index (κ3) is 6.30. The van der Waals surface area contributed by atoms with E-state index < -0.39 is 17.7 Å². The zero-order valence-corrected chi connectivity index (χ0v) is 24.1. The lowest BCUT2D eigenvalue weighted by Crippen LogP contribution is -2.38. The van der Waals surface area contributed by atoms with Crippen molar-refractivity contribution in [1.82, 2.24) is 9.80 Å². The lowest BCUT2D eigenvalue weighted by atomic mass is 9.94. The number of aliphatic hydroxyl groups excluding tert-OH is 1. The fourth-order valence-electron chi connectivity index (χ4n) is 5.27. The smallest absolute Gasteiger partial charge is 0.295 e. The van der Waals surface area contributed by atoms with Crippen LogP contribution < -0.4 is 4.74 Å². The van der Waals surface area contributed by atoms with Crippen LogP contribution in [0.2, 0.25) is 0 Å². The van der Waals surface area contributed by atoms with Crippen LogP contribution >= 0.6 is 15.9 Å². The average molecular weight is 606 g/mol. The predicted molar refractivity (Wildman–Crippen MR) is 157 cm³/mol. The number of halogens is 1. The van der Waals surface area contributed by atoms with Crippen LogP contribution in [0.5, 0.6) is 5.75 Å². The number of hydrogen-bond donors (Lipinski definition) is 1. The number of aliphatic hydroxyl groups is 1. The van der Waals surface area contributed by atoms with Crippen LogP contribution in [0, 0.1) is 6.92 Å². The maximum atomic E-state index is 13.4. The van der Waals surface area contributed by atoms with E-state index in [2.05, 4.69) is 20.8 Å². The van der Waals surface area contributed by atoms with Gasteiger partial charge in [0.2, 0.25) is 0 Å². The number of carbonyl (C=O) groups excluding carboxylic acids is 2. The van der Waals surface area contributed by atoms with Crippen LogP contribution in [0.4, 0.5) is 0 Å². The molecule has 5 rings (SSSR count). The number of hydrogen-bond acceptors (Lipinski definition) is 6. The Kier molecular flexibility index (Phi) is 8.99. The molecule has 208 valence electrons. The van der Waals surface area contributed by atoms with Crippen molar-refractivity contribution < 1.29 is 24.2 Å². The number of carbonyl (C=O) groups is 2. The van der Waals surface area contributed by atoms with Gasteiger partial charge in [-0.3, -0.25) is 14.5 Å². The van der Waals surface area contributed by atoms with Crippen molar-refractivity contribution in [3.8, 4) is 5.75 Å². The van der Waals surface area contributed by atoms with Gasteiger partial charge in [0.15, 0.2) is 0 Å². The van der Waals surface area contributed by atoms with Crippen molar-refractivity contribution in [2.24, 2.45) is 0 Å². The van der Waals surface area contributed by atoms with Gasteiger partial charge in [-0.2, -0.15) is 0 Å². The molecule has 2 fully saturated rings. The summed E-state index contributed by atoms with van der Waals surface area (Å²) in [6.07, 6.45) is 0.715. The molecule has 0 aromatic heterocycles. The summed E-state index contributed by atoms with van der Waals surface area (Å²) in [6.45, 7) is 6.63. The summed E-state index contributed by atoms with van der Waals surface area (Å²) in [7, 11) is 0. The number of nitrogens with zero attached hydrogens (tertiary/aromatic N) is 2. The highest BCUT2D eigenvalue weighted by Crippen LogP contribution is 2.40. The van der Waals surface area contributed by atoms with E-state index in [1.807, 2.05) is 67.6 Å². The topological polar surface area (TPSA) is 79.3 Å². The van der Waals surface area contributed by atoms with Gasteiger partial charge < -0.3 is 19.5 Å². The van der Waals surface area contributed by atoms with E-state index in [0.717, 1.165) is 40.8 Å². The van der Waals surface area contributed by atoms with E-state index in [9.17, 15) is 14.7 Å². The van der Waals surface area contributed by atoms with Crippen molar-refractivity contribution in [2.75, 3.05) is 39.4 Å². The third-order valence-electron chi connectivity index (χ3n) is 7.40. The van der Waals surface area contributed by atoms with Crippen molar-refractivity contribution >= 4 is 33.4 Å². The molecule has 2 aliphatic rings. The van der Waals surface area contributed by atoms with Gasteiger partial charge >= 0.3 is 0 Å². The second-order valence-corrected chi connectivity index (χ2v) is 11.0. The number of amides is 1. The van der Waals surface area contributed by atoms with Gasteiger partial charge in [-0.15, -0.1) is 0 Å². The summed E-state index contributed by atoms with van der Waals surface area (Å²) in [4.78, 5) is 30.6. The third-order valence-corrected chi connectivity index (χ3v) is 7.93. The van der Waals surface area contributed by atoms with Gasteiger partial charge in [-0.25, -0.2) is 0 Å². The van der Waals surface area contributed by atoms with Crippen LogP contribution in [0.1, 0.15) is 34.7 Å². The van der Waals surface area contributed by atoms with Crippen LogP contribution in [0.15, 0.2) is 82.8 Å². The molecule has 0 radical (unpaired) electrons. The van der Waals surface area contributed by atoms with Crippen molar-refractivity contribution in [1.29, 1.82) is 0 Å². The summed E-state index contributed by atoms with van der Waals surface area (Å²) >= 11 is 3.47. The Hall–Kier alpha value is -3.46. The second kappa shape index (κ2) is 12.8. The van der Waals surface area contributed by atoms with Crippen molar-refractivity contribution in [3.63, 3.8) is 0 Å². The first kappa shape index (κ1) is 28.1. The van der Waals surface area contributed by atoms with Gasteiger partial charge in [-0.05, 0) is 60.4 Å². The lowest BCUT2D eigenvalue weighted by molar-refractivity contribution is -0.140. The molecule has 0 aliphatic carbocycles. The number of benzene rings is 3. The SMILES string of the molecule is Cc1cc(OCc2ccccc2)ccc1/C(O)=C1\C(=O)C(=O)N(CCCN2CCOCC2)[C@@H]1c1ccc(Br)cc1. The molecule has 3 aromatic rings. The lowest BCUT2D eigenvalue weighted by Gasteiger charge is -2.29. The van der Waals surface area contributed by atoms with Crippen molar-refractivity contribution in [3.05, 3.63) is 105 Å². The Morgan fingerprint density at radius 1 is 1.00 bits per heavy atom. The van der Waals surface area contributed by atoms with E-state index in [4.69, 9.17) is 9.47 Å². The van der Waals surface area contributed by atoms with Gasteiger partial charge in [0, 0.05) is 36.2 Å². The van der Waals surface area contributed by atoms with E-state index in [1.165, 1.54) is 0 Å². The molecule has 2 aliphatic heterocycles. The standard InChI is InChI=1S/C32H33BrN2O5/c1-22-20-26(40-21-23-6-3-2-4-7-23)12-13-27(22)30(36)28-29(24-8-10-25(33)11-9-24)35(32(38)31(28)37)15-5-14-34-16-18-39-19-17-34/h2-4,6-13,20,29,36H,5,14-19,21H2,1H3/b30-28+/t29-/m1/s1. The minimum atomic E-state index is -0.675. The fourth-order valence-corrected chi connectivity index (χ4v) is 5.53. The Morgan fingerprint density at radius 2 is 1.73 bits per heavy atom. The zero-order chi connectivity index (χ0) is 28.1. The summed E-state index contributed by atoms with van der Waals surface area (Å²) in [5.74, 6) is -0.766. The Bertz CT molecular complexity index is 1380. The number of ketones is 1. The van der Waals surface area contributed by atoms with E-state index in [1.54, 1.807) is 17.0 Å². The molecular formula is C32H33BrN2O5. The molecule has 0 bridgehead atoms. The quantitative estimate of drug-likeness (QED) is 0.198. The maximum Gasteiger partial charge on any atom is 0.295 e. The molecule has 1 N–H and O–H groups in total. The predicted octanol–water partition coefficient (Wildman–Crippen LogP) is 5.48. The molecule has 7 nitrogen and oxygen atoms in total. The molecule has 0 unspecified atom stereocenters. The van der Waals surface area contributed by atoms with Gasteiger partial charge in [-0.1, -0.05) is 58.4 Å². The van der Waals surface area contributed by atoms with Gasteiger partial charge in [0.05, 0.1) is 24.8 Å². The first-order valence-corrected chi connectivity index (χ1v) is 14.3. The van der Waals surface area contributed by atoms with Gasteiger partial charge in [0.25, 0.3) is 11.7 Å². The number of ether oxygens (including phenoxy) is 2. The number of rotatable bonds is 9. The highest BCUT2D eigenvalue weighted by molar-refractivity contribution is 9.10. The Morgan fingerprint density at radius 3 is 2.42 bits per heavy atom. The molecule has 2 saturated heterocycles. The first-order chi connectivity index (χ1) is 19.4. The normalized spacial score (nSPS) is 19.2. The molecule has 1 atom stereocenters. The molecular weight excluding hydrogens is 572 g/mol. The fraction of sp³-hybridized carbons (Fsp3) is 0.312. The molecule has 2 heterocycles. The first-order valence-electron chi connectivity index (χ1n) is 13.5. The summed E-state index contributed by atoms with van der Waals surface area (Å²) < 4.78 is 12.3. The van der Waals surface area contributed by atoms with Crippen LogP contribution in [0.25, 0.3) is 5.76 Å². The Labute approximate surface area is 243 Å². The number of morpholine rings is 1. The number of aryl methyl sites for hydroxylation is 1. The van der Waals surface area contributed by atoms with Crippen LogP contribution in [0.3, 0.4) is 0 Å². The monoisotopic (exact) mass is 604 g/mol. The minimum Gasteiger partial charge on any atom is -0.507 e. The zero-order valence-electron chi connectivity index (χ0n) is 22.5. The Balaban J connectivity index is 1.42. The molecule has 40 heavy (non-hydrogen) atoms. The summed E-state index contributed by atoms with van der Waals surface area (Å²) in [5, 5.41) is 11.5. The maximum absolute atomic E-state index is 13.4. The highest BCUT2D eigenvalue weighted by Gasteiger charge is 2.46. The second-order valence-electron chi connectivity index (χ2n) is 10.1. The van der Waals surface area contributed by atoms with Gasteiger partial charge in [0.1, 0.15) is 18.1 Å². The van der Waals surface area contributed by atoms with E-state index >= 15 is 0 Å². The molecule has 0 saturated carbocycles. The summed E-state index contributed by atoms with van der Waals surface area (Å²) in [6, 6.07) is 22.1. The number of Topliss-reactive ketones (excluding diaryl/α,β-unsaturated/α-hetero) is 1. The number of likely N-dealkylation sites (tertiary alicyclic amines) is 1. The van der Waals surface area contributed by atoms with E-state index in [-0.39, 0.29) is 11.3 Å². The van der Waals surface area contributed by atoms with Crippen LogP contribution in [-0.4, -0.2) is 66.0 Å². The average Bonchev–Trinajstić information content (AvgIpc) is 3.22. The highest BCUT2D eigenvalue weighted by atomic mass is 79.9. The molecule has 3 aromatic carbocycles. The molecule has 1 amide bonds. The van der Waals surface area contributed by atoms with Crippen LogP contribution in [-0.2, 0) is 20.9 Å². The molecule has 8 heteroatoms. The minimum absolute atomic E-state index is 0.111. The largest absolute Gasteiger partial charge is 0.507 e. The van der Waals surface area contributed by atoms with Crippen molar-refractivity contribution in [2.45, 2.75) is 26.0 Å². The van der Waals surface area contributed by atoms with E-state index in [0.29, 0.717) is 44.1 Å². The molecule has 0 spiro atoms.